The summed E-state index contributed by atoms with van der Waals surface area (Å²) in [7, 11) is -1.57. The Morgan fingerprint density at radius 1 is 1.24 bits per heavy atom. The van der Waals surface area contributed by atoms with E-state index in [1.807, 2.05) is 7.05 Å². The normalized spacial score (nSPS) is 18.5. The molecule has 0 aromatic carbocycles. The fourth-order valence-electron chi connectivity index (χ4n) is 2.74. The molecule has 2 rings (SSSR count). The van der Waals surface area contributed by atoms with Gasteiger partial charge in [0.05, 0.1) is 0 Å². The number of hydrogen-bond donors (Lipinski definition) is 1. The smallest absolute Gasteiger partial charge is 0.244 e. The molecule has 120 valence electrons. The maximum Gasteiger partial charge on any atom is 0.244 e. The summed E-state index contributed by atoms with van der Waals surface area (Å²) in [6.45, 7) is 8.44. The number of aryl methyl sites for hydroxylation is 1. The van der Waals surface area contributed by atoms with Crippen molar-refractivity contribution in [2.45, 2.75) is 25.3 Å². The standard InChI is InChI=1S/C14H26N4O2S/c1-12(2)10-17-4-6-18(7-5-17)21(19,20)14-8-13(9-15)16(3)11-14/h8,11-12H,4-7,9-10,15H2,1-3H3. The Labute approximate surface area is 127 Å². The summed E-state index contributed by atoms with van der Waals surface area (Å²) in [6.07, 6.45) is 1.65. The van der Waals surface area contributed by atoms with Crippen molar-refractivity contribution in [3.63, 3.8) is 0 Å². The minimum Gasteiger partial charge on any atom is -0.352 e. The number of hydrogen-bond acceptors (Lipinski definition) is 4. The van der Waals surface area contributed by atoms with Crippen molar-refractivity contribution in [3.05, 3.63) is 18.0 Å². The quantitative estimate of drug-likeness (QED) is 0.856. The van der Waals surface area contributed by atoms with Crippen LogP contribution in [-0.2, 0) is 23.6 Å². The molecule has 2 heterocycles. The first kappa shape index (κ1) is 16.5. The van der Waals surface area contributed by atoms with Crippen molar-refractivity contribution in [2.24, 2.45) is 18.7 Å². The van der Waals surface area contributed by atoms with Gasteiger partial charge in [0.15, 0.2) is 0 Å². The van der Waals surface area contributed by atoms with Gasteiger partial charge in [-0.2, -0.15) is 4.31 Å². The van der Waals surface area contributed by atoms with Crippen LogP contribution in [0, 0.1) is 5.92 Å². The van der Waals surface area contributed by atoms with Crippen molar-refractivity contribution in [1.82, 2.24) is 13.8 Å². The van der Waals surface area contributed by atoms with Crippen molar-refractivity contribution in [1.29, 1.82) is 0 Å². The fraction of sp³-hybridized carbons (Fsp3) is 0.714. The molecule has 0 spiro atoms. The van der Waals surface area contributed by atoms with Crippen molar-refractivity contribution < 1.29 is 8.42 Å². The van der Waals surface area contributed by atoms with Gasteiger partial charge in [0.2, 0.25) is 10.0 Å². The zero-order valence-electron chi connectivity index (χ0n) is 13.1. The molecule has 0 atom stereocenters. The first-order valence-corrected chi connectivity index (χ1v) is 8.86. The summed E-state index contributed by atoms with van der Waals surface area (Å²) < 4.78 is 28.7. The van der Waals surface area contributed by atoms with Crippen LogP contribution in [0.5, 0.6) is 0 Å². The molecule has 0 radical (unpaired) electrons. The van der Waals surface area contributed by atoms with E-state index in [0.29, 0.717) is 30.4 Å². The molecule has 21 heavy (non-hydrogen) atoms. The Morgan fingerprint density at radius 3 is 2.33 bits per heavy atom. The van der Waals surface area contributed by atoms with Gasteiger partial charge in [-0.25, -0.2) is 8.42 Å². The zero-order chi connectivity index (χ0) is 15.6. The topological polar surface area (TPSA) is 71.6 Å². The molecular weight excluding hydrogens is 288 g/mol. The highest BCUT2D eigenvalue weighted by Gasteiger charge is 2.29. The van der Waals surface area contributed by atoms with Crippen LogP contribution in [0.25, 0.3) is 0 Å². The van der Waals surface area contributed by atoms with Crippen LogP contribution in [0.4, 0.5) is 0 Å². The van der Waals surface area contributed by atoms with Crippen molar-refractivity contribution in [2.75, 3.05) is 32.7 Å². The SMILES string of the molecule is CC(C)CN1CCN(S(=O)(=O)c2cc(CN)n(C)c2)CC1. The predicted octanol–water partition coefficient (Wildman–Crippen LogP) is 0.446. The highest BCUT2D eigenvalue weighted by atomic mass is 32.2. The van der Waals surface area contributed by atoms with Crippen molar-refractivity contribution >= 4 is 10.0 Å². The van der Waals surface area contributed by atoms with Gasteiger partial charge < -0.3 is 15.2 Å². The van der Waals surface area contributed by atoms with Crippen LogP contribution in [0.3, 0.4) is 0 Å². The maximum atomic E-state index is 12.7. The van der Waals surface area contributed by atoms with Crippen LogP contribution in [0.15, 0.2) is 17.2 Å². The molecule has 0 bridgehead atoms. The third kappa shape index (κ3) is 3.66. The molecule has 2 N–H and O–H groups in total. The van der Waals surface area contributed by atoms with Crippen LogP contribution < -0.4 is 5.73 Å². The minimum atomic E-state index is -3.40. The lowest BCUT2D eigenvalue weighted by Crippen LogP contribution is -2.49. The monoisotopic (exact) mass is 314 g/mol. The molecule has 0 amide bonds. The van der Waals surface area contributed by atoms with Gasteiger partial charge in [-0.05, 0) is 12.0 Å². The second-order valence-corrected chi connectivity index (χ2v) is 8.02. The van der Waals surface area contributed by atoms with E-state index in [1.165, 1.54) is 0 Å². The Kier molecular flexibility index (Phi) is 5.08. The fourth-order valence-corrected chi connectivity index (χ4v) is 4.26. The summed E-state index contributed by atoms with van der Waals surface area (Å²) in [5.41, 5.74) is 6.44. The van der Waals surface area contributed by atoms with Gasteiger partial charge in [0.1, 0.15) is 4.90 Å². The maximum absolute atomic E-state index is 12.7. The van der Waals surface area contributed by atoms with Crippen LogP contribution >= 0.6 is 0 Å². The molecule has 1 aliphatic heterocycles. The number of nitrogens with two attached hydrogens (primary N) is 1. The highest BCUT2D eigenvalue weighted by molar-refractivity contribution is 7.89. The second-order valence-electron chi connectivity index (χ2n) is 6.08. The van der Waals surface area contributed by atoms with Gasteiger partial charge in [0.25, 0.3) is 0 Å². The van der Waals surface area contributed by atoms with E-state index >= 15 is 0 Å². The zero-order valence-corrected chi connectivity index (χ0v) is 13.9. The summed E-state index contributed by atoms with van der Waals surface area (Å²) in [6, 6.07) is 1.68. The lowest BCUT2D eigenvalue weighted by molar-refractivity contribution is 0.172. The van der Waals surface area contributed by atoms with E-state index < -0.39 is 10.0 Å². The Hall–Kier alpha value is -0.890. The molecule has 1 saturated heterocycles. The summed E-state index contributed by atoms with van der Waals surface area (Å²) >= 11 is 0. The van der Waals surface area contributed by atoms with E-state index in [1.54, 1.807) is 21.1 Å². The number of sulfonamides is 1. The van der Waals surface area contributed by atoms with E-state index in [0.717, 1.165) is 25.3 Å². The Balaban J connectivity index is 2.07. The molecular formula is C14H26N4O2S. The van der Waals surface area contributed by atoms with Crippen LogP contribution in [-0.4, -0.2) is 54.9 Å². The van der Waals surface area contributed by atoms with E-state index in [2.05, 4.69) is 18.7 Å². The first-order valence-electron chi connectivity index (χ1n) is 7.42. The number of rotatable bonds is 5. The molecule has 0 aliphatic carbocycles. The van der Waals surface area contributed by atoms with Crippen molar-refractivity contribution in [3.8, 4) is 0 Å². The largest absolute Gasteiger partial charge is 0.352 e. The lowest BCUT2D eigenvalue weighted by Gasteiger charge is -2.34. The van der Waals surface area contributed by atoms with E-state index in [4.69, 9.17) is 5.73 Å². The second kappa shape index (κ2) is 6.48. The predicted molar refractivity (Wildman–Crippen MR) is 83.3 cm³/mol. The molecule has 7 heteroatoms. The van der Waals surface area contributed by atoms with Gasteiger partial charge in [-0.15, -0.1) is 0 Å². The first-order chi connectivity index (χ1) is 9.84. The average molecular weight is 314 g/mol. The molecule has 0 unspecified atom stereocenters. The average Bonchev–Trinajstić information content (AvgIpc) is 2.80. The molecule has 1 aromatic heterocycles. The number of nitrogens with zero attached hydrogens (tertiary/aromatic N) is 3. The molecule has 1 fully saturated rings. The Bertz CT molecular complexity index is 572. The van der Waals surface area contributed by atoms with Gasteiger partial charge >= 0.3 is 0 Å². The summed E-state index contributed by atoms with van der Waals surface area (Å²) in [5, 5.41) is 0. The Morgan fingerprint density at radius 2 is 1.86 bits per heavy atom. The van der Waals surface area contributed by atoms with Gasteiger partial charge in [-0.1, -0.05) is 13.8 Å². The van der Waals surface area contributed by atoms with Gasteiger partial charge in [-0.3, -0.25) is 0 Å². The van der Waals surface area contributed by atoms with E-state index in [-0.39, 0.29) is 0 Å². The minimum absolute atomic E-state index is 0.341. The molecule has 1 aliphatic rings. The third-order valence-electron chi connectivity index (χ3n) is 3.88. The number of aromatic nitrogens is 1. The van der Waals surface area contributed by atoms with Crippen LogP contribution in [0.2, 0.25) is 0 Å². The molecule has 1 aromatic rings. The van der Waals surface area contributed by atoms with E-state index in [9.17, 15) is 8.42 Å². The lowest BCUT2D eigenvalue weighted by atomic mass is 10.2. The van der Waals surface area contributed by atoms with Gasteiger partial charge in [0, 0.05) is 58.2 Å². The summed E-state index contributed by atoms with van der Waals surface area (Å²) in [4.78, 5) is 2.68. The highest BCUT2D eigenvalue weighted by Crippen LogP contribution is 2.20. The van der Waals surface area contributed by atoms with Crippen LogP contribution in [0.1, 0.15) is 19.5 Å². The molecule has 0 saturated carbocycles. The third-order valence-corrected chi connectivity index (χ3v) is 5.75. The molecule has 6 nitrogen and oxygen atoms in total. The summed E-state index contributed by atoms with van der Waals surface area (Å²) in [5.74, 6) is 0.606. The number of piperazine rings is 1.